The molecule has 2 aromatic carbocycles. The number of nitrogens with zero attached hydrogens (tertiary/aromatic N) is 1. The van der Waals surface area contributed by atoms with Crippen LogP contribution in [0.2, 0.25) is 0 Å². The van der Waals surface area contributed by atoms with Crippen LogP contribution in [-0.4, -0.2) is 4.92 Å². The minimum Gasteiger partial charge on any atom is -0.456 e. The van der Waals surface area contributed by atoms with Crippen LogP contribution < -0.4 is 4.74 Å². The molecule has 0 saturated carbocycles. The summed E-state index contributed by atoms with van der Waals surface area (Å²) in [7, 11) is 0. The number of rotatable bonds is 1. The van der Waals surface area contributed by atoms with Crippen LogP contribution >= 0.6 is 0 Å². The smallest absolute Gasteiger partial charge is 0.270 e. The zero-order valence-corrected chi connectivity index (χ0v) is 8.87. The van der Waals surface area contributed by atoms with Gasteiger partial charge in [0.2, 0.25) is 0 Å². The molecule has 0 unspecified atom stereocenters. The highest BCUT2D eigenvalue weighted by molar-refractivity contribution is 5.51. The van der Waals surface area contributed by atoms with E-state index in [1.807, 2.05) is 12.1 Å². The van der Waals surface area contributed by atoms with E-state index in [2.05, 4.69) is 0 Å². The van der Waals surface area contributed by atoms with Crippen molar-refractivity contribution in [3.63, 3.8) is 0 Å². The Morgan fingerprint density at radius 2 is 1.41 bits per heavy atom. The van der Waals surface area contributed by atoms with Crippen molar-refractivity contribution in [1.82, 2.24) is 0 Å². The van der Waals surface area contributed by atoms with Gasteiger partial charge in [0.25, 0.3) is 6.04 Å². The summed E-state index contributed by atoms with van der Waals surface area (Å²) >= 11 is 0. The van der Waals surface area contributed by atoms with Gasteiger partial charge in [0.1, 0.15) is 11.5 Å². The molecule has 1 aliphatic rings. The first kappa shape index (κ1) is 9.84. The standard InChI is InChI=1S/C13H9NO3/c15-14(16)13-9-5-1-3-7-11(9)17-12-8-4-2-6-10(12)13/h1-8,13H. The van der Waals surface area contributed by atoms with Crippen molar-refractivity contribution in [3.05, 3.63) is 69.8 Å². The van der Waals surface area contributed by atoms with E-state index < -0.39 is 6.04 Å². The fourth-order valence-corrected chi connectivity index (χ4v) is 2.11. The van der Waals surface area contributed by atoms with Crippen molar-refractivity contribution in [2.45, 2.75) is 6.04 Å². The van der Waals surface area contributed by atoms with E-state index in [0.29, 0.717) is 22.6 Å². The molecule has 4 nitrogen and oxygen atoms in total. The summed E-state index contributed by atoms with van der Waals surface area (Å²) in [5.74, 6) is 1.13. The topological polar surface area (TPSA) is 52.4 Å². The molecule has 0 spiro atoms. The Morgan fingerprint density at radius 1 is 0.941 bits per heavy atom. The molecule has 4 heteroatoms. The molecule has 0 radical (unpaired) electrons. The second kappa shape index (κ2) is 3.59. The SMILES string of the molecule is O=[N+]([O-])C1c2ccccc2Oc2ccccc21. The summed E-state index contributed by atoms with van der Waals surface area (Å²) in [5.41, 5.74) is 1.22. The zero-order chi connectivity index (χ0) is 11.8. The molecular formula is C13H9NO3. The van der Waals surface area contributed by atoms with Gasteiger partial charge in [0.05, 0.1) is 11.1 Å². The van der Waals surface area contributed by atoms with Gasteiger partial charge in [-0.25, -0.2) is 0 Å². The van der Waals surface area contributed by atoms with Gasteiger partial charge in [-0.05, 0) is 24.3 Å². The third-order valence-electron chi connectivity index (χ3n) is 2.86. The molecule has 84 valence electrons. The number of hydrogen-bond donors (Lipinski definition) is 0. The third-order valence-corrected chi connectivity index (χ3v) is 2.86. The van der Waals surface area contributed by atoms with E-state index in [1.165, 1.54) is 0 Å². The van der Waals surface area contributed by atoms with Crippen LogP contribution in [0.25, 0.3) is 0 Å². The maximum absolute atomic E-state index is 11.2. The maximum atomic E-state index is 11.2. The quantitative estimate of drug-likeness (QED) is 0.555. The summed E-state index contributed by atoms with van der Waals surface area (Å²) in [4.78, 5) is 11.0. The summed E-state index contributed by atoms with van der Waals surface area (Å²) < 4.78 is 5.65. The molecule has 0 amide bonds. The highest BCUT2D eigenvalue weighted by atomic mass is 16.6. The van der Waals surface area contributed by atoms with E-state index in [9.17, 15) is 10.1 Å². The second-order valence-corrected chi connectivity index (χ2v) is 3.87. The number of ether oxygens (including phenoxy) is 1. The number of hydrogen-bond acceptors (Lipinski definition) is 3. The first-order chi connectivity index (χ1) is 8.27. The summed E-state index contributed by atoms with van der Waals surface area (Å²) in [6.07, 6.45) is 0. The highest BCUT2D eigenvalue weighted by Crippen LogP contribution is 2.43. The van der Waals surface area contributed by atoms with Crippen molar-refractivity contribution in [2.24, 2.45) is 0 Å². The molecule has 0 N–H and O–H groups in total. The van der Waals surface area contributed by atoms with Crippen molar-refractivity contribution in [1.29, 1.82) is 0 Å². The normalized spacial score (nSPS) is 13.4. The minimum absolute atomic E-state index is 0.278. The maximum Gasteiger partial charge on any atom is 0.270 e. The Morgan fingerprint density at radius 3 is 1.88 bits per heavy atom. The molecule has 17 heavy (non-hydrogen) atoms. The molecule has 0 fully saturated rings. The Balaban J connectivity index is 2.24. The van der Waals surface area contributed by atoms with Crippen molar-refractivity contribution in [2.75, 3.05) is 0 Å². The van der Waals surface area contributed by atoms with E-state index in [4.69, 9.17) is 4.74 Å². The van der Waals surface area contributed by atoms with Gasteiger partial charge >= 0.3 is 0 Å². The van der Waals surface area contributed by atoms with Gasteiger partial charge < -0.3 is 4.74 Å². The minimum atomic E-state index is -0.837. The van der Waals surface area contributed by atoms with Crippen molar-refractivity contribution < 1.29 is 9.66 Å². The molecule has 0 aliphatic carbocycles. The lowest BCUT2D eigenvalue weighted by Crippen LogP contribution is -2.17. The molecule has 0 saturated heterocycles. The van der Waals surface area contributed by atoms with E-state index in [1.54, 1.807) is 36.4 Å². The average Bonchev–Trinajstić information content (AvgIpc) is 2.35. The second-order valence-electron chi connectivity index (χ2n) is 3.87. The monoisotopic (exact) mass is 227 g/mol. The van der Waals surface area contributed by atoms with E-state index >= 15 is 0 Å². The van der Waals surface area contributed by atoms with Crippen molar-refractivity contribution in [3.8, 4) is 11.5 Å². The van der Waals surface area contributed by atoms with Crippen LogP contribution in [0.4, 0.5) is 0 Å². The van der Waals surface area contributed by atoms with Crippen LogP contribution in [0.1, 0.15) is 17.2 Å². The predicted molar refractivity (Wildman–Crippen MR) is 61.8 cm³/mol. The lowest BCUT2D eigenvalue weighted by molar-refractivity contribution is -0.518. The molecular weight excluding hydrogens is 218 g/mol. The van der Waals surface area contributed by atoms with Crippen LogP contribution in [-0.2, 0) is 0 Å². The highest BCUT2D eigenvalue weighted by Gasteiger charge is 2.35. The van der Waals surface area contributed by atoms with Crippen LogP contribution in [0.3, 0.4) is 0 Å². The molecule has 1 heterocycles. The molecule has 0 atom stereocenters. The first-order valence-corrected chi connectivity index (χ1v) is 5.26. The Kier molecular flexibility index (Phi) is 2.08. The molecule has 0 bridgehead atoms. The van der Waals surface area contributed by atoms with Crippen LogP contribution in [0.5, 0.6) is 11.5 Å². The summed E-state index contributed by atoms with van der Waals surface area (Å²) in [6, 6.07) is 13.3. The van der Waals surface area contributed by atoms with Gasteiger partial charge in [-0.3, -0.25) is 10.1 Å². The molecule has 1 aliphatic heterocycles. The van der Waals surface area contributed by atoms with Crippen LogP contribution in [0.15, 0.2) is 48.5 Å². The average molecular weight is 227 g/mol. The molecule has 3 rings (SSSR count). The van der Waals surface area contributed by atoms with E-state index in [0.717, 1.165) is 0 Å². The van der Waals surface area contributed by atoms with Gasteiger partial charge in [-0.15, -0.1) is 0 Å². The number of benzene rings is 2. The zero-order valence-electron chi connectivity index (χ0n) is 8.87. The van der Waals surface area contributed by atoms with Gasteiger partial charge in [0.15, 0.2) is 0 Å². The van der Waals surface area contributed by atoms with Gasteiger partial charge in [0, 0.05) is 4.92 Å². The molecule has 0 aromatic heterocycles. The van der Waals surface area contributed by atoms with E-state index in [-0.39, 0.29) is 4.92 Å². The Labute approximate surface area is 97.6 Å². The lowest BCUT2D eigenvalue weighted by Gasteiger charge is -2.22. The lowest BCUT2D eigenvalue weighted by atomic mass is 9.95. The number of fused-ring (bicyclic) bond motifs is 2. The number of para-hydroxylation sites is 2. The third kappa shape index (κ3) is 1.45. The van der Waals surface area contributed by atoms with Crippen molar-refractivity contribution >= 4 is 0 Å². The predicted octanol–water partition coefficient (Wildman–Crippen LogP) is 3.16. The Hall–Kier alpha value is -2.36. The molecule has 2 aromatic rings. The largest absolute Gasteiger partial charge is 0.456 e. The summed E-state index contributed by atoms with van der Waals surface area (Å²) in [5, 5.41) is 11.2. The van der Waals surface area contributed by atoms with Gasteiger partial charge in [-0.1, -0.05) is 24.3 Å². The Bertz CT molecular complexity index is 549. The fourth-order valence-electron chi connectivity index (χ4n) is 2.11. The number of nitro groups is 1. The summed E-state index contributed by atoms with van der Waals surface area (Å²) in [6.45, 7) is 0. The first-order valence-electron chi connectivity index (χ1n) is 5.26. The fraction of sp³-hybridized carbons (Fsp3) is 0.0769. The van der Waals surface area contributed by atoms with Crippen LogP contribution in [0, 0.1) is 10.1 Å². The van der Waals surface area contributed by atoms with Gasteiger partial charge in [-0.2, -0.15) is 0 Å².